The van der Waals surface area contributed by atoms with E-state index in [1.54, 1.807) is 17.0 Å². The van der Waals surface area contributed by atoms with Crippen molar-refractivity contribution in [2.45, 2.75) is 36.9 Å². The van der Waals surface area contributed by atoms with Crippen LogP contribution in [0.15, 0.2) is 42.5 Å². The Morgan fingerprint density at radius 2 is 1.79 bits per heavy atom. The standard InChI is InChI=1S/C21H20ClF2NO3/c22-14-3-1-13(2-4-14)21(6-7-21)20(27)25-8-5-19(18(26)12-25)28-17-10-15(23)9-16(24)11-17/h1-4,9-11,18-19,26H,5-8,12H2/t18-,19-/m1/s1. The van der Waals surface area contributed by atoms with Gasteiger partial charge in [-0.25, -0.2) is 8.78 Å². The van der Waals surface area contributed by atoms with Gasteiger partial charge in [0.25, 0.3) is 0 Å². The Morgan fingerprint density at radius 3 is 2.36 bits per heavy atom. The maximum Gasteiger partial charge on any atom is 0.233 e. The van der Waals surface area contributed by atoms with Gasteiger partial charge in [-0.1, -0.05) is 23.7 Å². The number of piperidine rings is 1. The highest BCUT2D eigenvalue weighted by atomic mass is 35.5. The van der Waals surface area contributed by atoms with Crippen molar-refractivity contribution in [1.29, 1.82) is 0 Å². The molecule has 1 saturated carbocycles. The Labute approximate surface area is 166 Å². The molecule has 2 fully saturated rings. The SMILES string of the molecule is O=C(N1CC[C@@H](Oc2cc(F)cc(F)c2)[C@H](O)C1)C1(c2ccc(Cl)cc2)CC1. The molecule has 0 radical (unpaired) electrons. The minimum absolute atomic E-state index is 0.0101. The average Bonchev–Trinajstić information content (AvgIpc) is 3.44. The number of ether oxygens (including phenoxy) is 1. The molecule has 0 unspecified atom stereocenters. The van der Waals surface area contributed by atoms with Crippen LogP contribution in [-0.4, -0.2) is 41.2 Å². The van der Waals surface area contributed by atoms with E-state index in [0.717, 1.165) is 36.6 Å². The van der Waals surface area contributed by atoms with Crippen molar-refractivity contribution in [3.8, 4) is 5.75 Å². The van der Waals surface area contributed by atoms with Crippen LogP contribution in [0.1, 0.15) is 24.8 Å². The van der Waals surface area contributed by atoms with Crippen molar-refractivity contribution >= 4 is 17.5 Å². The van der Waals surface area contributed by atoms with E-state index in [1.165, 1.54) is 0 Å². The van der Waals surface area contributed by atoms with E-state index < -0.39 is 29.3 Å². The summed E-state index contributed by atoms with van der Waals surface area (Å²) >= 11 is 5.94. The molecule has 2 aliphatic rings. The van der Waals surface area contributed by atoms with E-state index in [4.69, 9.17) is 16.3 Å². The number of rotatable bonds is 4. The molecule has 7 heteroatoms. The van der Waals surface area contributed by atoms with Gasteiger partial charge in [0.1, 0.15) is 29.6 Å². The van der Waals surface area contributed by atoms with Crippen LogP contribution < -0.4 is 4.74 Å². The number of benzene rings is 2. The van der Waals surface area contributed by atoms with Gasteiger partial charge >= 0.3 is 0 Å². The largest absolute Gasteiger partial charge is 0.487 e. The molecule has 1 heterocycles. The molecule has 4 nitrogen and oxygen atoms in total. The first kappa shape index (κ1) is 19.2. The highest BCUT2D eigenvalue weighted by molar-refractivity contribution is 6.30. The second-order valence-electron chi connectivity index (χ2n) is 7.46. The summed E-state index contributed by atoms with van der Waals surface area (Å²) in [5.41, 5.74) is 0.397. The molecular formula is C21H20ClF2NO3. The van der Waals surface area contributed by atoms with Crippen LogP contribution in [0.4, 0.5) is 8.78 Å². The topological polar surface area (TPSA) is 49.8 Å². The van der Waals surface area contributed by atoms with Crippen LogP contribution in [0, 0.1) is 11.6 Å². The number of aliphatic hydroxyl groups excluding tert-OH is 1. The number of hydrogen-bond acceptors (Lipinski definition) is 3. The van der Waals surface area contributed by atoms with Gasteiger partial charge in [0, 0.05) is 36.2 Å². The van der Waals surface area contributed by atoms with Crippen LogP contribution in [0.5, 0.6) is 5.75 Å². The summed E-state index contributed by atoms with van der Waals surface area (Å²) in [4.78, 5) is 14.8. The monoisotopic (exact) mass is 407 g/mol. The number of nitrogens with zero attached hydrogens (tertiary/aromatic N) is 1. The first-order chi connectivity index (χ1) is 13.4. The van der Waals surface area contributed by atoms with Crippen molar-refractivity contribution in [2.75, 3.05) is 13.1 Å². The van der Waals surface area contributed by atoms with Gasteiger partial charge in [0.2, 0.25) is 5.91 Å². The minimum atomic E-state index is -0.940. The molecule has 1 aliphatic carbocycles. The predicted octanol–water partition coefficient (Wildman–Crippen LogP) is 3.69. The number of aliphatic hydroxyl groups is 1. The zero-order valence-electron chi connectivity index (χ0n) is 15.1. The molecule has 4 rings (SSSR count). The fourth-order valence-corrected chi connectivity index (χ4v) is 3.95. The van der Waals surface area contributed by atoms with E-state index in [0.29, 0.717) is 18.0 Å². The fourth-order valence-electron chi connectivity index (χ4n) is 3.83. The molecule has 1 amide bonds. The summed E-state index contributed by atoms with van der Waals surface area (Å²) in [7, 11) is 0. The molecule has 0 spiro atoms. The third-order valence-corrected chi connectivity index (χ3v) is 5.74. The first-order valence-electron chi connectivity index (χ1n) is 9.24. The zero-order valence-corrected chi connectivity index (χ0v) is 15.8. The summed E-state index contributed by atoms with van der Waals surface area (Å²) < 4.78 is 32.2. The lowest BCUT2D eigenvalue weighted by molar-refractivity contribution is -0.139. The summed E-state index contributed by atoms with van der Waals surface area (Å²) in [6, 6.07) is 10.2. The fraction of sp³-hybridized carbons (Fsp3) is 0.381. The quantitative estimate of drug-likeness (QED) is 0.841. The molecule has 1 aliphatic heterocycles. The molecule has 1 N–H and O–H groups in total. The van der Waals surface area contributed by atoms with Crippen LogP contribution in [0.2, 0.25) is 5.02 Å². The number of β-amino-alcohol motifs (C(OH)–C–C–N with tert-alkyl or cyclic N) is 1. The van der Waals surface area contributed by atoms with Crippen molar-refractivity contribution in [1.82, 2.24) is 4.90 Å². The van der Waals surface area contributed by atoms with E-state index in [2.05, 4.69) is 0 Å². The van der Waals surface area contributed by atoms with E-state index in [9.17, 15) is 18.7 Å². The summed E-state index contributed by atoms with van der Waals surface area (Å²) in [5, 5.41) is 11.1. The number of carbonyl (C=O) groups excluding carboxylic acids is 1. The van der Waals surface area contributed by atoms with Gasteiger partial charge in [-0.3, -0.25) is 4.79 Å². The van der Waals surface area contributed by atoms with Crippen molar-refractivity contribution in [2.24, 2.45) is 0 Å². The number of carbonyl (C=O) groups is 1. The molecule has 0 bridgehead atoms. The zero-order chi connectivity index (χ0) is 19.9. The third kappa shape index (κ3) is 3.71. The molecular weight excluding hydrogens is 388 g/mol. The van der Waals surface area contributed by atoms with E-state index >= 15 is 0 Å². The van der Waals surface area contributed by atoms with Crippen molar-refractivity contribution in [3.63, 3.8) is 0 Å². The Morgan fingerprint density at radius 1 is 1.14 bits per heavy atom. The smallest absolute Gasteiger partial charge is 0.233 e. The van der Waals surface area contributed by atoms with Crippen molar-refractivity contribution < 1.29 is 23.4 Å². The molecule has 0 aromatic heterocycles. The Hall–Kier alpha value is -2.18. The maximum atomic E-state index is 13.3. The van der Waals surface area contributed by atoms with Gasteiger partial charge in [0.15, 0.2) is 0 Å². The molecule has 2 atom stereocenters. The maximum absolute atomic E-state index is 13.3. The number of amides is 1. The molecule has 1 saturated heterocycles. The Bertz CT molecular complexity index is 865. The predicted molar refractivity (Wildman–Crippen MR) is 100 cm³/mol. The summed E-state index contributed by atoms with van der Waals surface area (Å²) in [5.74, 6) is -1.46. The molecule has 28 heavy (non-hydrogen) atoms. The average molecular weight is 408 g/mol. The molecule has 2 aromatic carbocycles. The second-order valence-corrected chi connectivity index (χ2v) is 7.89. The number of hydrogen-bond donors (Lipinski definition) is 1. The lowest BCUT2D eigenvalue weighted by Crippen LogP contribution is -2.53. The van der Waals surface area contributed by atoms with E-state index in [1.807, 2.05) is 12.1 Å². The third-order valence-electron chi connectivity index (χ3n) is 5.49. The van der Waals surface area contributed by atoms with Gasteiger partial charge in [-0.05, 0) is 30.5 Å². The molecule has 148 valence electrons. The van der Waals surface area contributed by atoms with Crippen LogP contribution in [0.3, 0.4) is 0 Å². The normalized spacial score (nSPS) is 23.4. The second kappa shape index (κ2) is 7.33. The van der Waals surface area contributed by atoms with Crippen molar-refractivity contribution in [3.05, 3.63) is 64.7 Å². The van der Waals surface area contributed by atoms with Gasteiger partial charge < -0.3 is 14.7 Å². The van der Waals surface area contributed by atoms with Crippen LogP contribution in [-0.2, 0) is 10.2 Å². The summed E-state index contributed by atoms with van der Waals surface area (Å²) in [6.07, 6.45) is 0.341. The van der Waals surface area contributed by atoms with Gasteiger partial charge in [0.05, 0.1) is 12.0 Å². The van der Waals surface area contributed by atoms with E-state index in [-0.39, 0.29) is 18.2 Å². The summed E-state index contributed by atoms with van der Waals surface area (Å²) in [6.45, 7) is 0.532. The number of likely N-dealkylation sites (tertiary alicyclic amines) is 1. The number of halogens is 3. The lowest BCUT2D eigenvalue weighted by Gasteiger charge is -2.37. The van der Waals surface area contributed by atoms with Gasteiger partial charge in [-0.15, -0.1) is 0 Å². The molecule has 2 aromatic rings. The minimum Gasteiger partial charge on any atom is -0.487 e. The lowest BCUT2D eigenvalue weighted by atomic mass is 9.92. The first-order valence-corrected chi connectivity index (χ1v) is 9.61. The van der Waals surface area contributed by atoms with Crippen LogP contribution >= 0.6 is 11.6 Å². The Kier molecular flexibility index (Phi) is 5.02. The van der Waals surface area contributed by atoms with Crippen LogP contribution in [0.25, 0.3) is 0 Å². The highest BCUT2D eigenvalue weighted by Gasteiger charge is 2.53. The Balaban J connectivity index is 1.42. The van der Waals surface area contributed by atoms with Gasteiger partial charge in [-0.2, -0.15) is 0 Å². The highest BCUT2D eigenvalue weighted by Crippen LogP contribution is 2.50.